The Morgan fingerprint density at radius 2 is 2.36 bits per heavy atom. The summed E-state index contributed by atoms with van der Waals surface area (Å²) in [6.45, 7) is 1.14. The third-order valence-electron chi connectivity index (χ3n) is 4.71. The highest BCUT2D eigenvalue weighted by Crippen LogP contribution is 2.44. The smallest absolute Gasteiger partial charge is 0.257 e. The van der Waals surface area contributed by atoms with Gasteiger partial charge in [0.1, 0.15) is 6.54 Å². The van der Waals surface area contributed by atoms with Gasteiger partial charge in [-0.3, -0.25) is 9.48 Å². The van der Waals surface area contributed by atoms with Crippen molar-refractivity contribution in [3.05, 3.63) is 12.4 Å². The Morgan fingerprint density at radius 1 is 1.55 bits per heavy atom. The minimum Gasteiger partial charge on any atom is -0.323 e. The first-order valence-corrected chi connectivity index (χ1v) is 7.43. The highest BCUT2D eigenvalue weighted by molar-refractivity contribution is 5.96. The first-order valence-electron chi connectivity index (χ1n) is 7.43. The first kappa shape index (κ1) is 17.1. The van der Waals surface area contributed by atoms with E-state index in [2.05, 4.69) is 15.7 Å². The number of anilines is 1. The summed E-state index contributed by atoms with van der Waals surface area (Å²) >= 11 is 0. The van der Waals surface area contributed by atoms with Gasteiger partial charge in [-0.05, 0) is 25.3 Å². The van der Waals surface area contributed by atoms with Crippen molar-refractivity contribution in [3.63, 3.8) is 0 Å². The number of halogens is 3. The zero-order chi connectivity index (χ0) is 14.9. The molecule has 1 aromatic rings. The van der Waals surface area contributed by atoms with Gasteiger partial charge in [0.15, 0.2) is 0 Å². The Bertz CT molecular complexity index is 525. The summed E-state index contributed by atoms with van der Waals surface area (Å²) in [6, 6.07) is 0. The number of aromatic nitrogens is 2. The number of fused-ring (bicyclic) bond motifs is 1. The van der Waals surface area contributed by atoms with Crippen molar-refractivity contribution in [2.45, 2.75) is 38.7 Å². The van der Waals surface area contributed by atoms with Gasteiger partial charge in [-0.1, -0.05) is 12.8 Å². The van der Waals surface area contributed by atoms with Crippen molar-refractivity contribution in [2.75, 3.05) is 18.4 Å². The Kier molecular flexibility index (Phi) is 5.39. The number of carbonyl (C=O) groups excluding carboxylic acids is 1. The van der Waals surface area contributed by atoms with E-state index in [-0.39, 0.29) is 23.7 Å². The molecule has 2 atom stereocenters. The molecule has 2 N–H and O–H groups in total. The minimum atomic E-state index is -2.45. The average molecular weight is 335 g/mol. The number of amides is 1. The van der Waals surface area contributed by atoms with E-state index < -0.39 is 13.0 Å². The Morgan fingerprint density at radius 3 is 3.14 bits per heavy atom. The number of hydrogen-bond donors (Lipinski definition) is 2. The summed E-state index contributed by atoms with van der Waals surface area (Å²) in [4.78, 5) is 12.7. The second-order valence-electron chi connectivity index (χ2n) is 6.03. The van der Waals surface area contributed by atoms with Crippen molar-refractivity contribution in [3.8, 4) is 0 Å². The zero-order valence-electron chi connectivity index (χ0n) is 12.2. The van der Waals surface area contributed by atoms with Crippen LogP contribution in [-0.2, 0) is 11.3 Å². The second-order valence-corrected chi connectivity index (χ2v) is 6.03. The summed E-state index contributed by atoms with van der Waals surface area (Å²) in [5.41, 5.74) is 0.148. The van der Waals surface area contributed by atoms with Crippen LogP contribution in [0.1, 0.15) is 25.7 Å². The maximum absolute atomic E-state index is 12.7. The van der Waals surface area contributed by atoms with Gasteiger partial charge in [0, 0.05) is 12.7 Å². The molecule has 5 nitrogen and oxygen atoms in total. The lowest BCUT2D eigenvalue weighted by molar-refractivity contribution is -0.128. The van der Waals surface area contributed by atoms with Crippen LogP contribution in [0.15, 0.2) is 12.4 Å². The number of rotatable bonds is 4. The van der Waals surface area contributed by atoms with E-state index in [4.69, 9.17) is 0 Å². The van der Waals surface area contributed by atoms with Crippen LogP contribution in [0.4, 0.5) is 14.5 Å². The van der Waals surface area contributed by atoms with Crippen molar-refractivity contribution in [1.82, 2.24) is 15.1 Å². The molecular formula is C14H21ClF2N4O. The van der Waals surface area contributed by atoms with Gasteiger partial charge in [-0.2, -0.15) is 5.10 Å². The fourth-order valence-electron chi connectivity index (χ4n) is 3.62. The van der Waals surface area contributed by atoms with Gasteiger partial charge in [-0.25, -0.2) is 8.78 Å². The lowest BCUT2D eigenvalue weighted by atomic mass is 9.67. The van der Waals surface area contributed by atoms with Crippen molar-refractivity contribution >= 4 is 24.0 Å². The van der Waals surface area contributed by atoms with Crippen LogP contribution in [0.2, 0.25) is 0 Å². The van der Waals surface area contributed by atoms with Gasteiger partial charge in [-0.15, -0.1) is 12.4 Å². The SMILES string of the molecule is Cl.O=C(Nc1cnn(CC(F)F)c1)[C@@]12CCCC[C@H]1CNC2. The summed E-state index contributed by atoms with van der Waals surface area (Å²) in [7, 11) is 0. The van der Waals surface area contributed by atoms with E-state index in [0.717, 1.165) is 30.5 Å². The monoisotopic (exact) mass is 334 g/mol. The van der Waals surface area contributed by atoms with Crippen molar-refractivity contribution in [1.29, 1.82) is 0 Å². The zero-order valence-corrected chi connectivity index (χ0v) is 13.0. The lowest BCUT2D eigenvalue weighted by Crippen LogP contribution is -2.44. The number of hydrogen-bond acceptors (Lipinski definition) is 3. The predicted molar refractivity (Wildman–Crippen MR) is 81.4 cm³/mol. The molecule has 124 valence electrons. The highest BCUT2D eigenvalue weighted by atomic mass is 35.5. The lowest BCUT2D eigenvalue weighted by Gasteiger charge is -2.36. The largest absolute Gasteiger partial charge is 0.323 e. The van der Waals surface area contributed by atoms with Crippen LogP contribution < -0.4 is 10.6 Å². The summed E-state index contributed by atoms with van der Waals surface area (Å²) in [5, 5.41) is 10.0. The van der Waals surface area contributed by atoms with Crippen LogP contribution in [0.25, 0.3) is 0 Å². The second kappa shape index (κ2) is 6.91. The first-order chi connectivity index (χ1) is 10.1. The minimum absolute atomic E-state index is 0. The molecule has 1 saturated heterocycles. The fraction of sp³-hybridized carbons (Fsp3) is 0.714. The van der Waals surface area contributed by atoms with E-state index in [9.17, 15) is 13.6 Å². The Hall–Kier alpha value is -1.21. The molecule has 22 heavy (non-hydrogen) atoms. The molecule has 0 aromatic carbocycles. The molecule has 2 heterocycles. The topological polar surface area (TPSA) is 59.0 Å². The molecule has 8 heteroatoms. The number of nitrogens with one attached hydrogen (secondary N) is 2. The van der Waals surface area contributed by atoms with E-state index in [0.29, 0.717) is 18.2 Å². The molecule has 1 aliphatic heterocycles. The Labute approximate surface area is 134 Å². The summed E-state index contributed by atoms with van der Waals surface area (Å²) in [6.07, 6.45) is 4.64. The van der Waals surface area contributed by atoms with Crippen LogP contribution in [-0.4, -0.2) is 35.2 Å². The third kappa shape index (κ3) is 3.25. The maximum Gasteiger partial charge on any atom is 0.257 e. The van der Waals surface area contributed by atoms with Gasteiger partial charge < -0.3 is 10.6 Å². The molecule has 0 unspecified atom stereocenters. The van der Waals surface area contributed by atoms with Crippen LogP contribution in [0, 0.1) is 11.3 Å². The molecule has 1 aliphatic carbocycles. The van der Waals surface area contributed by atoms with Gasteiger partial charge in [0.2, 0.25) is 5.91 Å². The average Bonchev–Trinajstić information content (AvgIpc) is 3.05. The number of carbonyl (C=O) groups is 1. The molecule has 1 amide bonds. The van der Waals surface area contributed by atoms with Crippen LogP contribution in [0.3, 0.4) is 0 Å². The number of nitrogens with zero attached hydrogens (tertiary/aromatic N) is 2. The molecule has 3 rings (SSSR count). The summed E-state index contributed by atoms with van der Waals surface area (Å²) in [5.74, 6) is 0.371. The normalized spacial score (nSPS) is 27.3. The van der Waals surface area contributed by atoms with Crippen molar-refractivity contribution in [2.24, 2.45) is 11.3 Å². The van der Waals surface area contributed by atoms with E-state index in [1.165, 1.54) is 18.8 Å². The van der Waals surface area contributed by atoms with E-state index in [1.54, 1.807) is 0 Å². The standard InChI is InChI=1S/C14H20F2N4O.ClH/c15-12(16)8-20-7-11(6-18-20)19-13(21)14-4-2-1-3-10(14)5-17-9-14;/h6-7,10,12,17H,1-5,8-9H2,(H,19,21);1H/t10-,14+;/m0./s1. The molecule has 2 fully saturated rings. The molecule has 1 aromatic heterocycles. The quantitative estimate of drug-likeness (QED) is 0.888. The third-order valence-corrected chi connectivity index (χ3v) is 4.71. The highest BCUT2D eigenvalue weighted by Gasteiger charge is 2.49. The molecular weight excluding hydrogens is 314 g/mol. The Balaban J connectivity index is 0.00000176. The van der Waals surface area contributed by atoms with Crippen molar-refractivity contribution < 1.29 is 13.6 Å². The van der Waals surface area contributed by atoms with E-state index >= 15 is 0 Å². The van der Waals surface area contributed by atoms with Gasteiger partial charge in [0.25, 0.3) is 6.43 Å². The maximum atomic E-state index is 12.7. The summed E-state index contributed by atoms with van der Waals surface area (Å²) < 4.78 is 25.8. The molecule has 1 saturated carbocycles. The fourth-order valence-corrected chi connectivity index (χ4v) is 3.62. The number of alkyl halides is 2. The molecule has 0 bridgehead atoms. The van der Waals surface area contributed by atoms with Crippen LogP contribution >= 0.6 is 12.4 Å². The van der Waals surface area contributed by atoms with Gasteiger partial charge >= 0.3 is 0 Å². The predicted octanol–water partition coefficient (Wildman–Crippen LogP) is 2.29. The molecule has 0 spiro atoms. The van der Waals surface area contributed by atoms with Gasteiger partial charge in [0.05, 0.1) is 17.3 Å². The van der Waals surface area contributed by atoms with Crippen LogP contribution in [0.5, 0.6) is 0 Å². The van der Waals surface area contributed by atoms with E-state index in [1.807, 2.05) is 0 Å². The molecule has 0 radical (unpaired) electrons. The molecule has 2 aliphatic rings.